The van der Waals surface area contributed by atoms with E-state index in [0.29, 0.717) is 19.1 Å². The average Bonchev–Trinajstić information content (AvgIpc) is 2.68. The molecule has 0 heterocycles. The van der Waals surface area contributed by atoms with Crippen molar-refractivity contribution >= 4 is 23.3 Å². The lowest BCUT2D eigenvalue weighted by molar-refractivity contribution is -0.384. The molecule has 0 spiro atoms. The Kier molecular flexibility index (Phi) is 8.19. The standard InChI is InChI=1S/C19H27N3O6/c1-13-5-3-4-6-15(13)21-18(23)12-28-19(24)14-7-8-16(20-9-10-27-2)17(11-14)22(25)26/h7-8,11,13,15,20H,3-6,9-10,12H2,1-2H3,(H,21,23)/t13-,15-/m0/s1. The van der Waals surface area contributed by atoms with E-state index in [2.05, 4.69) is 17.6 Å². The number of carbonyl (C=O) groups is 2. The van der Waals surface area contributed by atoms with E-state index in [4.69, 9.17) is 9.47 Å². The number of carbonyl (C=O) groups excluding carboxylic acids is 2. The zero-order valence-electron chi connectivity index (χ0n) is 16.2. The number of benzene rings is 1. The third-order valence-corrected chi connectivity index (χ3v) is 4.84. The van der Waals surface area contributed by atoms with E-state index >= 15 is 0 Å². The lowest BCUT2D eigenvalue weighted by atomic mass is 9.86. The summed E-state index contributed by atoms with van der Waals surface area (Å²) in [6.07, 6.45) is 4.23. The number of nitro benzene ring substituents is 1. The molecule has 2 N–H and O–H groups in total. The van der Waals surface area contributed by atoms with E-state index in [0.717, 1.165) is 31.7 Å². The maximum absolute atomic E-state index is 12.2. The molecular formula is C19H27N3O6. The fourth-order valence-electron chi connectivity index (χ4n) is 3.24. The van der Waals surface area contributed by atoms with Crippen molar-refractivity contribution in [3.63, 3.8) is 0 Å². The number of hydrogen-bond donors (Lipinski definition) is 2. The molecule has 1 saturated carbocycles. The molecule has 1 aromatic rings. The van der Waals surface area contributed by atoms with Crippen LogP contribution < -0.4 is 10.6 Å². The summed E-state index contributed by atoms with van der Waals surface area (Å²) in [5.41, 5.74) is 0.0523. The first-order valence-electron chi connectivity index (χ1n) is 9.40. The van der Waals surface area contributed by atoms with Gasteiger partial charge in [0.2, 0.25) is 0 Å². The van der Waals surface area contributed by atoms with Gasteiger partial charge in [-0.1, -0.05) is 19.8 Å². The summed E-state index contributed by atoms with van der Waals surface area (Å²) >= 11 is 0. The summed E-state index contributed by atoms with van der Waals surface area (Å²) in [4.78, 5) is 34.9. The van der Waals surface area contributed by atoms with Crippen LogP contribution in [0.2, 0.25) is 0 Å². The van der Waals surface area contributed by atoms with Crippen molar-refractivity contribution in [1.82, 2.24) is 5.32 Å². The Bertz CT molecular complexity index is 709. The predicted molar refractivity (Wildman–Crippen MR) is 103 cm³/mol. The molecule has 2 atom stereocenters. The van der Waals surface area contributed by atoms with Crippen LogP contribution in [0.1, 0.15) is 43.0 Å². The van der Waals surface area contributed by atoms with Crippen LogP contribution in [0.4, 0.5) is 11.4 Å². The van der Waals surface area contributed by atoms with Gasteiger partial charge in [0.1, 0.15) is 5.69 Å². The molecule has 0 aliphatic heterocycles. The first kappa shape index (κ1) is 21.6. The summed E-state index contributed by atoms with van der Waals surface area (Å²) in [7, 11) is 1.53. The molecule has 0 saturated heterocycles. The zero-order valence-corrected chi connectivity index (χ0v) is 16.2. The second kappa shape index (κ2) is 10.6. The van der Waals surface area contributed by atoms with Crippen molar-refractivity contribution in [3.05, 3.63) is 33.9 Å². The molecule has 28 heavy (non-hydrogen) atoms. The van der Waals surface area contributed by atoms with E-state index in [9.17, 15) is 19.7 Å². The summed E-state index contributed by atoms with van der Waals surface area (Å²) in [6.45, 7) is 2.46. The summed E-state index contributed by atoms with van der Waals surface area (Å²) in [6, 6.07) is 4.09. The van der Waals surface area contributed by atoms with E-state index in [-0.39, 0.29) is 28.9 Å². The van der Waals surface area contributed by atoms with Gasteiger partial charge >= 0.3 is 5.97 Å². The van der Waals surface area contributed by atoms with Gasteiger partial charge < -0.3 is 20.1 Å². The van der Waals surface area contributed by atoms with Crippen LogP contribution in [0.3, 0.4) is 0 Å². The van der Waals surface area contributed by atoms with Crippen LogP contribution in [0.5, 0.6) is 0 Å². The molecule has 1 aromatic carbocycles. The van der Waals surface area contributed by atoms with Crippen molar-refractivity contribution in [2.45, 2.75) is 38.6 Å². The first-order valence-corrected chi connectivity index (χ1v) is 9.40. The minimum atomic E-state index is -0.779. The number of nitrogens with zero attached hydrogens (tertiary/aromatic N) is 1. The first-order chi connectivity index (χ1) is 13.4. The minimum Gasteiger partial charge on any atom is -0.452 e. The van der Waals surface area contributed by atoms with Gasteiger partial charge in [-0.2, -0.15) is 0 Å². The smallest absolute Gasteiger partial charge is 0.338 e. The third-order valence-electron chi connectivity index (χ3n) is 4.84. The number of amides is 1. The second-order valence-corrected chi connectivity index (χ2v) is 6.92. The van der Waals surface area contributed by atoms with Crippen molar-refractivity contribution in [2.75, 3.05) is 32.2 Å². The lowest BCUT2D eigenvalue weighted by Crippen LogP contribution is -2.42. The van der Waals surface area contributed by atoms with Gasteiger partial charge in [0.15, 0.2) is 6.61 Å². The topological polar surface area (TPSA) is 120 Å². The Labute approximate surface area is 163 Å². The van der Waals surface area contributed by atoms with Gasteiger partial charge in [-0.05, 0) is 30.9 Å². The van der Waals surface area contributed by atoms with Gasteiger partial charge in [0.25, 0.3) is 11.6 Å². The number of esters is 1. The van der Waals surface area contributed by atoms with E-state index < -0.39 is 17.5 Å². The molecule has 1 aliphatic carbocycles. The highest BCUT2D eigenvalue weighted by Gasteiger charge is 2.24. The minimum absolute atomic E-state index is 0.0165. The van der Waals surface area contributed by atoms with Crippen molar-refractivity contribution in [3.8, 4) is 0 Å². The van der Waals surface area contributed by atoms with Crippen LogP contribution >= 0.6 is 0 Å². The quantitative estimate of drug-likeness (QED) is 0.286. The number of hydrogen-bond acceptors (Lipinski definition) is 7. The molecular weight excluding hydrogens is 366 g/mol. The molecule has 2 rings (SSSR count). The lowest BCUT2D eigenvalue weighted by Gasteiger charge is -2.29. The van der Waals surface area contributed by atoms with E-state index in [1.54, 1.807) is 0 Å². The molecule has 1 amide bonds. The molecule has 9 nitrogen and oxygen atoms in total. The molecule has 1 aliphatic rings. The average molecular weight is 393 g/mol. The van der Waals surface area contributed by atoms with Crippen LogP contribution in [0.15, 0.2) is 18.2 Å². The summed E-state index contributed by atoms with van der Waals surface area (Å²) in [5.74, 6) is -0.743. The van der Waals surface area contributed by atoms with Gasteiger partial charge in [-0.25, -0.2) is 4.79 Å². The highest BCUT2D eigenvalue weighted by molar-refractivity contribution is 5.93. The Morgan fingerprint density at radius 1 is 1.29 bits per heavy atom. The monoisotopic (exact) mass is 393 g/mol. The van der Waals surface area contributed by atoms with Crippen molar-refractivity contribution in [1.29, 1.82) is 0 Å². The second-order valence-electron chi connectivity index (χ2n) is 6.92. The number of ether oxygens (including phenoxy) is 2. The highest BCUT2D eigenvalue weighted by atomic mass is 16.6. The number of nitrogens with one attached hydrogen (secondary N) is 2. The number of anilines is 1. The SMILES string of the molecule is COCCNc1ccc(C(=O)OCC(=O)N[C@H]2CCCC[C@@H]2C)cc1[N+](=O)[O-]. The fraction of sp³-hybridized carbons (Fsp3) is 0.579. The molecule has 1 fully saturated rings. The Morgan fingerprint density at radius 3 is 2.71 bits per heavy atom. The van der Waals surface area contributed by atoms with Crippen LogP contribution in [-0.2, 0) is 14.3 Å². The molecule has 154 valence electrons. The largest absolute Gasteiger partial charge is 0.452 e. The molecule has 0 aromatic heterocycles. The maximum atomic E-state index is 12.2. The normalized spacial score (nSPS) is 18.9. The molecule has 0 radical (unpaired) electrons. The third kappa shape index (κ3) is 6.19. The molecule has 0 bridgehead atoms. The Morgan fingerprint density at radius 2 is 2.04 bits per heavy atom. The van der Waals surface area contributed by atoms with Crippen molar-refractivity contribution in [2.24, 2.45) is 5.92 Å². The predicted octanol–water partition coefficient (Wildman–Crippen LogP) is 2.50. The zero-order chi connectivity index (χ0) is 20.5. The van der Waals surface area contributed by atoms with E-state index in [1.165, 1.54) is 19.2 Å². The van der Waals surface area contributed by atoms with Crippen LogP contribution in [0.25, 0.3) is 0 Å². The van der Waals surface area contributed by atoms with Crippen LogP contribution in [0, 0.1) is 16.0 Å². The number of nitro groups is 1. The Hall–Kier alpha value is -2.68. The van der Waals surface area contributed by atoms with Gasteiger partial charge in [0.05, 0.1) is 17.1 Å². The highest BCUT2D eigenvalue weighted by Crippen LogP contribution is 2.26. The fourth-order valence-corrected chi connectivity index (χ4v) is 3.24. The van der Waals surface area contributed by atoms with Gasteiger partial charge in [-0.15, -0.1) is 0 Å². The van der Waals surface area contributed by atoms with E-state index in [1.807, 2.05) is 0 Å². The Balaban J connectivity index is 1.92. The number of methoxy groups -OCH3 is 1. The maximum Gasteiger partial charge on any atom is 0.338 e. The molecule has 9 heteroatoms. The molecule has 0 unspecified atom stereocenters. The number of rotatable bonds is 9. The van der Waals surface area contributed by atoms with Gasteiger partial charge in [-0.3, -0.25) is 14.9 Å². The summed E-state index contributed by atoms with van der Waals surface area (Å²) in [5, 5.41) is 17.0. The van der Waals surface area contributed by atoms with Crippen LogP contribution in [-0.4, -0.2) is 49.7 Å². The van der Waals surface area contributed by atoms with Crippen molar-refractivity contribution < 1.29 is 24.0 Å². The van der Waals surface area contributed by atoms with Gasteiger partial charge in [0, 0.05) is 25.8 Å². The summed E-state index contributed by atoms with van der Waals surface area (Å²) < 4.78 is 9.92.